The van der Waals surface area contributed by atoms with Crippen molar-refractivity contribution >= 4 is 0 Å². The number of rotatable bonds is 14. The van der Waals surface area contributed by atoms with Gasteiger partial charge in [0.2, 0.25) is 0 Å². The molecule has 2 heteroatoms. The quantitative estimate of drug-likeness (QED) is 0.290. The SMILES string of the molecule is CCCCCCCCC(C)C(CC)(OCC)OCCC. The average Bonchev–Trinajstić information content (AvgIpc) is 2.47. The Morgan fingerprint density at radius 1 is 0.800 bits per heavy atom. The fraction of sp³-hybridized carbons (Fsp3) is 1.00. The Morgan fingerprint density at radius 2 is 1.45 bits per heavy atom. The molecule has 0 aliphatic heterocycles. The third-order valence-electron chi connectivity index (χ3n) is 4.17. The van der Waals surface area contributed by atoms with E-state index in [1.165, 1.54) is 44.9 Å². The molecule has 0 spiro atoms. The second-order valence-electron chi connectivity index (χ2n) is 5.90. The lowest BCUT2D eigenvalue weighted by atomic mass is 9.91. The van der Waals surface area contributed by atoms with E-state index in [1.807, 2.05) is 0 Å². The first-order chi connectivity index (χ1) is 9.66. The molecule has 0 N–H and O–H groups in total. The van der Waals surface area contributed by atoms with Gasteiger partial charge >= 0.3 is 0 Å². The maximum atomic E-state index is 6.10. The summed E-state index contributed by atoms with van der Waals surface area (Å²) in [7, 11) is 0. The van der Waals surface area contributed by atoms with Crippen molar-refractivity contribution in [2.24, 2.45) is 5.92 Å². The highest BCUT2D eigenvalue weighted by molar-refractivity contribution is 4.76. The smallest absolute Gasteiger partial charge is 0.170 e. The maximum absolute atomic E-state index is 6.10. The Morgan fingerprint density at radius 3 is 2.00 bits per heavy atom. The molecule has 0 fully saturated rings. The molecule has 0 aromatic heterocycles. The van der Waals surface area contributed by atoms with Gasteiger partial charge in [0.05, 0.1) is 0 Å². The molecule has 0 rings (SSSR count). The molecule has 0 bridgehead atoms. The molecule has 2 unspecified atom stereocenters. The Bertz CT molecular complexity index is 206. The molecule has 0 radical (unpaired) electrons. The van der Waals surface area contributed by atoms with Crippen molar-refractivity contribution in [3.63, 3.8) is 0 Å². The van der Waals surface area contributed by atoms with Crippen molar-refractivity contribution in [2.45, 2.75) is 98.2 Å². The molecule has 20 heavy (non-hydrogen) atoms. The van der Waals surface area contributed by atoms with Crippen LogP contribution < -0.4 is 0 Å². The summed E-state index contributed by atoms with van der Waals surface area (Å²) < 4.78 is 12.1. The molecule has 0 saturated heterocycles. The Labute approximate surface area is 127 Å². The first-order valence-corrected chi connectivity index (χ1v) is 8.94. The van der Waals surface area contributed by atoms with Gasteiger partial charge in [0.1, 0.15) is 0 Å². The average molecular weight is 286 g/mol. The van der Waals surface area contributed by atoms with Crippen molar-refractivity contribution in [3.8, 4) is 0 Å². The second-order valence-corrected chi connectivity index (χ2v) is 5.90. The van der Waals surface area contributed by atoms with E-state index in [2.05, 4.69) is 34.6 Å². The van der Waals surface area contributed by atoms with Crippen LogP contribution in [0.4, 0.5) is 0 Å². The van der Waals surface area contributed by atoms with Gasteiger partial charge in [0.25, 0.3) is 0 Å². The minimum atomic E-state index is -0.353. The van der Waals surface area contributed by atoms with E-state index in [1.54, 1.807) is 0 Å². The van der Waals surface area contributed by atoms with Gasteiger partial charge in [-0.1, -0.05) is 66.2 Å². The van der Waals surface area contributed by atoms with Crippen molar-refractivity contribution in [3.05, 3.63) is 0 Å². The zero-order valence-electron chi connectivity index (χ0n) is 14.7. The lowest BCUT2D eigenvalue weighted by molar-refractivity contribution is -0.265. The molecule has 2 nitrogen and oxygen atoms in total. The highest BCUT2D eigenvalue weighted by Crippen LogP contribution is 2.31. The zero-order valence-corrected chi connectivity index (χ0v) is 14.7. The van der Waals surface area contributed by atoms with Gasteiger partial charge in [-0.15, -0.1) is 0 Å². The molecule has 0 aliphatic carbocycles. The number of hydrogen-bond donors (Lipinski definition) is 0. The summed E-state index contributed by atoms with van der Waals surface area (Å²) in [5.74, 6) is 0.124. The first-order valence-electron chi connectivity index (χ1n) is 8.94. The molecule has 0 aromatic rings. The van der Waals surface area contributed by atoms with Crippen LogP contribution in [-0.2, 0) is 9.47 Å². The van der Waals surface area contributed by atoms with Crippen LogP contribution in [0.25, 0.3) is 0 Å². The van der Waals surface area contributed by atoms with Crippen LogP contribution in [0.5, 0.6) is 0 Å². The normalized spacial score (nSPS) is 16.1. The topological polar surface area (TPSA) is 18.5 Å². The van der Waals surface area contributed by atoms with E-state index in [0.29, 0.717) is 5.92 Å². The zero-order chi connectivity index (χ0) is 15.3. The molecule has 2 atom stereocenters. The highest BCUT2D eigenvalue weighted by atomic mass is 16.7. The molecular weight excluding hydrogens is 248 g/mol. The third-order valence-corrected chi connectivity index (χ3v) is 4.17. The number of unbranched alkanes of at least 4 members (excludes halogenated alkanes) is 5. The first kappa shape index (κ1) is 19.9. The molecule has 0 amide bonds. The summed E-state index contributed by atoms with van der Waals surface area (Å²) >= 11 is 0. The van der Waals surface area contributed by atoms with Crippen LogP contribution in [0.2, 0.25) is 0 Å². The van der Waals surface area contributed by atoms with E-state index in [-0.39, 0.29) is 5.79 Å². The lowest BCUT2D eigenvalue weighted by Gasteiger charge is -2.38. The van der Waals surface area contributed by atoms with Crippen molar-refractivity contribution in [1.82, 2.24) is 0 Å². The van der Waals surface area contributed by atoms with E-state index in [0.717, 1.165) is 26.1 Å². The number of hydrogen-bond acceptors (Lipinski definition) is 2. The lowest BCUT2D eigenvalue weighted by Crippen LogP contribution is -2.42. The molecule has 0 aromatic carbocycles. The monoisotopic (exact) mass is 286 g/mol. The van der Waals surface area contributed by atoms with Gasteiger partial charge in [0, 0.05) is 19.1 Å². The summed E-state index contributed by atoms with van der Waals surface area (Å²) in [4.78, 5) is 0. The fourth-order valence-corrected chi connectivity index (χ4v) is 2.85. The van der Waals surface area contributed by atoms with Crippen LogP contribution in [0.1, 0.15) is 92.4 Å². The Hall–Kier alpha value is -0.0800. The predicted octanol–water partition coefficient (Wildman–Crippen LogP) is 5.94. The third kappa shape index (κ3) is 7.64. The molecule has 122 valence electrons. The van der Waals surface area contributed by atoms with Gasteiger partial charge in [0.15, 0.2) is 5.79 Å². The van der Waals surface area contributed by atoms with Gasteiger partial charge in [-0.25, -0.2) is 0 Å². The summed E-state index contributed by atoms with van der Waals surface area (Å²) in [6.45, 7) is 12.5. The van der Waals surface area contributed by atoms with E-state index >= 15 is 0 Å². The maximum Gasteiger partial charge on any atom is 0.170 e. The van der Waals surface area contributed by atoms with Crippen molar-refractivity contribution in [2.75, 3.05) is 13.2 Å². The molecular formula is C18H38O2. The summed E-state index contributed by atoms with van der Waals surface area (Å²) in [5.41, 5.74) is 0. The summed E-state index contributed by atoms with van der Waals surface area (Å²) in [5, 5.41) is 0. The predicted molar refractivity (Wildman–Crippen MR) is 88.0 cm³/mol. The number of ether oxygens (including phenoxy) is 2. The Balaban J connectivity index is 4.14. The van der Waals surface area contributed by atoms with Crippen LogP contribution in [0.3, 0.4) is 0 Å². The van der Waals surface area contributed by atoms with E-state index in [4.69, 9.17) is 9.47 Å². The van der Waals surface area contributed by atoms with Crippen molar-refractivity contribution < 1.29 is 9.47 Å². The van der Waals surface area contributed by atoms with Gasteiger partial charge in [-0.3, -0.25) is 0 Å². The van der Waals surface area contributed by atoms with E-state index in [9.17, 15) is 0 Å². The molecule has 0 saturated carbocycles. The largest absolute Gasteiger partial charge is 0.350 e. The van der Waals surface area contributed by atoms with Gasteiger partial charge < -0.3 is 9.47 Å². The summed E-state index contributed by atoms with van der Waals surface area (Å²) in [6, 6.07) is 0. The fourth-order valence-electron chi connectivity index (χ4n) is 2.85. The van der Waals surface area contributed by atoms with Crippen LogP contribution in [0, 0.1) is 5.92 Å². The van der Waals surface area contributed by atoms with Crippen LogP contribution >= 0.6 is 0 Å². The van der Waals surface area contributed by atoms with Crippen LogP contribution in [0.15, 0.2) is 0 Å². The van der Waals surface area contributed by atoms with Crippen LogP contribution in [-0.4, -0.2) is 19.0 Å². The second kappa shape index (κ2) is 12.6. The van der Waals surface area contributed by atoms with Crippen molar-refractivity contribution in [1.29, 1.82) is 0 Å². The summed E-state index contributed by atoms with van der Waals surface area (Å²) in [6.07, 6.45) is 11.3. The minimum Gasteiger partial charge on any atom is -0.350 e. The van der Waals surface area contributed by atoms with Gasteiger partial charge in [-0.2, -0.15) is 0 Å². The van der Waals surface area contributed by atoms with Gasteiger partial charge in [-0.05, 0) is 26.2 Å². The van der Waals surface area contributed by atoms with E-state index < -0.39 is 0 Å². The molecule has 0 aliphatic rings. The molecule has 0 heterocycles. The minimum absolute atomic E-state index is 0.353. The Kier molecular flexibility index (Phi) is 12.6. The highest BCUT2D eigenvalue weighted by Gasteiger charge is 2.35. The standard InChI is InChI=1S/C18H38O2/c1-6-10-11-12-13-14-15-17(5)18(8-3,19-9-4)20-16-7-2/h17H,6-16H2,1-5H3.